The summed E-state index contributed by atoms with van der Waals surface area (Å²) in [5, 5.41) is 0. The number of carbonyl (C=O) groups excluding carboxylic acids is 2. The van der Waals surface area contributed by atoms with Gasteiger partial charge in [0.1, 0.15) is 0 Å². The average Bonchev–Trinajstić information content (AvgIpc) is 3.42. The molecule has 1 aromatic rings. The van der Waals surface area contributed by atoms with E-state index in [0.717, 1.165) is 49.7 Å². The summed E-state index contributed by atoms with van der Waals surface area (Å²) < 4.78 is 33.0. The summed E-state index contributed by atoms with van der Waals surface area (Å²) in [4.78, 5) is 29.9. The van der Waals surface area contributed by atoms with Gasteiger partial charge in [-0.3, -0.25) is 9.59 Å². The lowest BCUT2D eigenvalue weighted by Gasteiger charge is -2.52. The first-order valence-corrected chi connectivity index (χ1v) is 15.7. The molecule has 3 aliphatic carbocycles. The fourth-order valence-electron chi connectivity index (χ4n) is 9.49. The van der Waals surface area contributed by atoms with E-state index in [1.54, 1.807) is 11.9 Å². The van der Waals surface area contributed by atoms with E-state index < -0.39 is 29.6 Å². The van der Waals surface area contributed by atoms with Crippen LogP contribution in [0.5, 0.6) is 0 Å². The van der Waals surface area contributed by atoms with Gasteiger partial charge < -0.3 is 14.5 Å². The average molecular weight is 571 g/mol. The van der Waals surface area contributed by atoms with Crippen molar-refractivity contribution in [3.8, 4) is 0 Å². The summed E-state index contributed by atoms with van der Waals surface area (Å²) in [6, 6.07) is 3.86. The van der Waals surface area contributed by atoms with Crippen LogP contribution in [0.1, 0.15) is 97.1 Å². The molecular weight excluding hydrogens is 522 g/mol. The molecule has 4 fully saturated rings. The molecule has 1 unspecified atom stereocenters. The molecule has 226 valence electrons. The van der Waals surface area contributed by atoms with Crippen molar-refractivity contribution in [3.63, 3.8) is 0 Å². The second-order valence-corrected chi connectivity index (χ2v) is 13.8. The molecule has 1 amide bonds. The van der Waals surface area contributed by atoms with E-state index >= 15 is 0 Å². The minimum atomic E-state index is -1.31. The second kappa shape index (κ2) is 11.4. The summed E-state index contributed by atoms with van der Waals surface area (Å²) in [6.07, 6.45) is 11.3. The molecule has 0 N–H and O–H groups in total. The third-order valence-electron chi connectivity index (χ3n) is 11.9. The molecule has 8 atom stereocenters. The number of nitrogens with zero attached hydrogens (tertiary/aromatic N) is 2. The van der Waals surface area contributed by atoms with Gasteiger partial charge >= 0.3 is 5.97 Å². The molecule has 1 heterocycles. The summed E-state index contributed by atoms with van der Waals surface area (Å²) in [5.74, 6) is -0.837. The Morgan fingerprint density at radius 1 is 1.15 bits per heavy atom. The Hall–Kier alpha value is -2.28. The number of hydrogen-bond donors (Lipinski definition) is 0. The molecule has 41 heavy (non-hydrogen) atoms. The predicted molar refractivity (Wildman–Crippen MR) is 156 cm³/mol. The van der Waals surface area contributed by atoms with Crippen LogP contribution in [0.4, 0.5) is 8.78 Å². The Kier molecular flexibility index (Phi) is 8.41. The van der Waals surface area contributed by atoms with Gasteiger partial charge in [0.25, 0.3) is 5.91 Å². The van der Waals surface area contributed by atoms with Crippen molar-refractivity contribution in [1.82, 2.24) is 9.80 Å². The quantitative estimate of drug-likeness (QED) is 0.271. The van der Waals surface area contributed by atoms with E-state index in [-0.39, 0.29) is 17.0 Å². The van der Waals surface area contributed by atoms with Crippen LogP contribution >= 0.6 is 0 Å². The number of amides is 1. The summed E-state index contributed by atoms with van der Waals surface area (Å²) >= 11 is 0. The Morgan fingerprint density at radius 2 is 1.90 bits per heavy atom. The van der Waals surface area contributed by atoms with E-state index in [9.17, 15) is 18.4 Å². The van der Waals surface area contributed by atoms with Crippen molar-refractivity contribution in [2.24, 2.45) is 28.6 Å². The molecule has 1 saturated heterocycles. The van der Waals surface area contributed by atoms with Crippen molar-refractivity contribution in [2.75, 3.05) is 20.6 Å². The smallest absolute Gasteiger partial charge is 0.303 e. The van der Waals surface area contributed by atoms with Gasteiger partial charge in [-0.25, -0.2) is 8.78 Å². The molecule has 3 saturated carbocycles. The largest absolute Gasteiger partial charge is 0.447 e. The fourth-order valence-corrected chi connectivity index (χ4v) is 9.49. The van der Waals surface area contributed by atoms with Crippen molar-refractivity contribution < 1.29 is 23.1 Å². The van der Waals surface area contributed by atoms with Crippen LogP contribution in [-0.2, 0) is 14.3 Å². The SMILES string of the molecule is CC/C=C1/C[C@@H](N(C)C(=O)C(OC(C)=O)c2ccc(F)c(F)c2)CC[C@]1(C)[C@H]1CC[C@]23CN(C)[C@@H](C)[C@H]2CC[C@H]3C1. The molecule has 5 rings (SSSR count). The maximum Gasteiger partial charge on any atom is 0.303 e. The first kappa shape index (κ1) is 30.2. The van der Waals surface area contributed by atoms with Gasteiger partial charge in [0, 0.05) is 38.2 Å². The van der Waals surface area contributed by atoms with Gasteiger partial charge in [0.15, 0.2) is 11.6 Å². The van der Waals surface area contributed by atoms with E-state index in [0.29, 0.717) is 17.4 Å². The molecule has 4 aliphatic rings. The Labute approximate surface area is 244 Å². The zero-order valence-electron chi connectivity index (χ0n) is 25.7. The molecule has 0 bridgehead atoms. The molecule has 0 aromatic heterocycles. The van der Waals surface area contributed by atoms with Crippen LogP contribution in [0.3, 0.4) is 0 Å². The van der Waals surface area contributed by atoms with E-state index in [1.807, 2.05) is 0 Å². The fraction of sp³-hybridized carbons (Fsp3) is 0.706. The lowest BCUT2D eigenvalue weighted by molar-refractivity contribution is -0.160. The maximum absolute atomic E-state index is 14.0. The normalized spacial score (nSPS) is 37.0. The van der Waals surface area contributed by atoms with E-state index in [4.69, 9.17) is 4.74 Å². The third-order valence-corrected chi connectivity index (χ3v) is 11.9. The number of allylic oxidation sites excluding steroid dienone is 1. The van der Waals surface area contributed by atoms with Crippen molar-refractivity contribution in [1.29, 1.82) is 0 Å². The lowest BCUT2D eigenvalue weighted by Crippen LogP contribution is -2.48. The molecule has 0 radical (unpaired) electrons. The molecule has 1 aromatic carbocycles. The number of hydrogen-bond acceptors (Lipinski definition) is 4. The van der Waals surface area contributed by atoms with Crippen LogP contribution in [0.15, 0.2) is 29.8 Å². The lowest BCUT2D eigenvalue weighted by atomic mass is 9.53. The molecule has 1 spiro atoms. The van der Waals surface area contributed by atoms with Crippen LogP contribution < -0.4 is 0 Å². The number of rotatable bonds is 6. The highest BCUT2D eigenvalue weighted by Crippen LogP contribution is 2.65. The molecule has 5 nitrogen and oxygen atoms in total. The van der Waals surface area contributed by atoms with Crippen LogP contribution in [0.25, 0.3) is 0 Å². The minimum Gasteiger partial charge on any atom is -0.447 e. The highest BCUT2D eigenvalue weighted by molar-refractivity contribution is 5.85. The third kappa shape index (κ3) is 5.25. The van der Waals surface area contributed by atoms with E-state index in [1.165, 1.54) is 57.2 Å². The van der Waals surface area contributed by atoms with Crippen molar-refractivity contribution in [2.45, 2.75) is 104 Å². The van der Waals surface area contributed by atoms with Crippen molar-refractivity contribution >= 4 is 11.9 Å². The maximum atomic E-state index is 14.0. The van der Waals surface area contributed by atoms with E-state index in [2.05, 4.69) is 38.8 Å². The minimum absolute atomic E-state index is 0.0492. The number of halogens is 2. The monoisotopic (exact) mass is 570 g/mol. The standard InChI is InChI=1S/C34H48F2N2O3/c1-7-8-24-19-27(38(6)32(40)31(41-22(3)39)23-9-12-29(35)30(36)17-23)14-15-33(24,4)25-13-16-34-20-37(5)21(2)28(34)11-10-26(34)18-25/h8-9,12,17,21,25-28,31H,7,10-11,13-16,18-20H2,1-6H3/b24-8-/t21-,25-,26-,27-,28+,31?,33-,34+/m0/s1. The number of benzene rings is 1. The van der Waals surface area contributed by atoms with Gasteiger partial charge in [-0.2, -0.15) is 0 Å². The number of ether oxygens (including phenoxy) is 1. The van der Waals surface area contributed by atoms with Gasteiger partial charge in [-0.1, -0.05) is 31.6 Å². The summed E-state index contributed by atoms with van der Waals surface area (Å²) in [6.45, 7) is 9.54. The van der Waals surface area contributed by atoms with Gasteiger partial charge in [0.2, 0.25) is 6.10 Å². The highest BCUT2D eigenvalue weighted by atomic mass is 19.2. The van der Waals surface area contributed by atoms with Crippen molar-refractivity contribution in [3.05, 3.63) is 47.0 Å². The number of likely N-dealkylation sites (tertiary alicyclic amines) is 1. The van der Waals surface area contributed by atoms with Gasteiger partial charge in [0.05, 0.1) is 0 Å². The zero-order valence-corrected chi connectivity index (χ0v) is 25.7. The topological polar surface area (TPSA) is 49.9 Å². The Bertz CT molecular complexity index is 1200. The summed E-state index contributed by atoms with van der Waals surface area (Å²) in [5.41, 5.74) is 2.20. The Balaban J connectivity index is 1.32. The predicted octanol–water partition coefficient (Wildman–Crippen LogP) is 7.07. The second-order valence-electron chi connectivity index (χ2n) is 13.8. The number of likely N-dealkylation sites (N-methyl/N-ethyl adjacent to an activating group) is 1. The zero-order chi connectivity index (χ0) is 29.7. The first-order chi connectivity index (χ1) is 19.4. The number of carbonyl (C=O) groups is 2. The first-order valence-electron chi connectivity index (χ1n) is 15.7. The molecule has 1 aliphatic heterocycles. The van der Waals surface area contributed by atoms with Crippen LogP contribution in [0.2, 0.25) is 0 Å². The highest BCUT2D eigenvalue weighted by Gasteiger charge is 2.60. The molecule has 7 heteroatoms. The van der Waals surface area contributed by atoms with Gasteiger partial charge in [-0.05, 0) is 112 Å². The summed E-state index contributed by atoms with van der Waals surface area (Å²) in [7, 11) is 4.05. The Morgan fingerprint density at radius 3 is 2.59 bits per heavy atom. The van der Waals surface area contributed by atoms with Crippen LogP contribution in [0, 0.1) is 40.2 Å². The van der Waals surface area contributed by atoms with Crippen LogP contribution in [-0.4, -0.2) is 54.4 Å². The molecular formula is C34H48F2N2O3. The number of esters is 1. The van der Waals surface area contributed by atoms with Gasteiger partial charge in [-0.15, -0.1) is 0 Å².